The predicted octanol–water partition coefficient (Wildman–Crippen LogP) is 4.80. The van der Waals surface area contributed by atoms with Gasteiger partial charge in [-0.25, -0.2) is 0 Å². The highest BCUT2D eigenvalue weighted by molar-refractivity contribution is 6.31. The normalized spacial score (nSPS) is 13.5. The maximum atomic E-state index is 12.9. The molecule has 0 heterocycles. The Morgan fingerprint density at radius 2 is 1.83 bits per heavy atom. The Hall–Kier alpha value is -2.32. The number of nitrogens with zero attached hydrogens (tertiary/aromatic N) is 1. The van der Waals surface area contributed by atoms with E-state index < -0.39 is 0 Å². The molecule has 3 heteroatoms. The number of carbonyl (C=O) groups is 1. The third kappa shape index (κ3) is 3.22. The lowest BCUT2D eigenvalue weighted by Crippen LogP contribution is -2.07. The molecule has 0 amide bonds. The van der Waals surface area contributed by atoms with Crippen LogP contribution in [-0.2, 0) is 0 Å². The summed E-state index contributed by atoms with van der Waals surface area (Å²) in [7, 11) is 4.03. The minimum Gasteiger partial charge on any atom is -0.378 e. The largest absolute Gasteiger partial charge is 0.378 e. The predicted molar refractivity (Wildman–Crippen MR) is 95.7 cm³/mol. The zero-order valence-corrected chi connectivity index (χ0v) is 14.0. The van der Waals surface area contributed by atoms with Crippen LogP contribution in [0.25, 0.3) is 5.57 Å². The van der Waals surface area contributed by atoms with E-state index in [0.29, 0.717) is 16.1 Å². The first-order valence-corrected chi connectivity index (χ1v) is 7.92. The lowest BCUT2D eigenvalue weighted by molar-refractivity contribution is 0.103. The van der Waals surface area contributed by atoms with Crippen molar-refractivity contribution in [1.29, 1.82) is 0 Å². The van der Waals surface area contributed by atoms with Gasteiger partial charge in [-0.1, -0.05) is 54.1 Å². The molecule has 2 aromatic rings. The van der Waals surface area contributed by atoms with E-state index in [2.05, 4.69) is 17.1 Å². The minimum absolute atomic E-state index is 0.00213. The van der Waals surface area contributed by atoms with E-state index in [4.69, 9.17) is 11.6 Å². The topological polar surface area (TPSA) is 20.3 Å². The number of allylic oxidation sites excluding steroid dienone is 3. The van der Waals surface area contributed by atoms with Crippen LogP contribution in [0.3, 0.4) is 0 Å². The summed E-state index contributed by atoms with van der Waals surface area (Å²) in [6.45, 7) is 0. The van der Waals surface area contributed by atoms with Crippen molar-refractivity contribution in [2.45, 2.75) is 6.42 Å². The third-order valence-electron chi connectivity index (χ3n) is 3.98. The first-order valence-electron chi connectivity index (χ1n) is 7.54. The van der Waals surface area contributed by atoms with E-state index in [9.17, 15) is 4.79 Å². The van der Waals surface area contributed by atoms with Crippen molar-refractivity contribution in [3.05, 3.63) is 88.1 Å². The molecule has 2 nitrogen and oxygen atoms in total. The average molecular weight is 324 g/mol. The molecule has 0 spiro atoms. The van der Waals surface area contributed by atoms with Crippen molar-refractivity contribution in [2.75, 3.05) is 14.1 Å². The van der Waals surface area contributed by atoms with Gasteiger partial charge in [0.15, 0.2) is 5.78 Å². The van der Waals surface area contributed by atoms with E-state index in [1.807, 2.05) is 56.6 Å². The van der Waals surface area contributed by atoms with Crippen LogP contribution in [-0.4, -0.2) is 24.8 Å². The molecule has 0 atom stereocenters. The summed E-state index contributed by atoms with van der Waals surface area (Å²) in [5.41, 5.74) is 4.59. The van der Waals surface area contributed by atoms with Gasteiger partial charge in [-0.05, 0) is 35.8 Å². The highest BCUT2D eigenvalue weighted by atomic mass is 35.5. The Kier molecular flexibility index (Phi) is 4.35. The summed E-state index contributed by atoms with van der Waals surface area (Å²) >= 11 is 6.14. The Balaban J connectivity index is 2.04. The van der Waals surface area contributed by atoms with Crippen molar-refractivity contribution in [2.24, 2.45) is 0 Å². The van der Waals surface area contributed by atoms with Gasteiger partial charge in [0, 0.05) is 35.9 Å². The Morgan fingerprint density at radius 3 is 2.48 bits per heavy atom. The Bertz CT molecular complexity index is 804. The maximum Gasteiger partial charge on any atom is 0.193 e. The molecule has 116 valence electrons. The van der Waals surface area contributed by atoms with Gasteiger partial charge in [-0.2, -0.15) is 0 Å². The fraction of sp³-hybridized carbons (Fsp3) is 0.150. The van der Waals surface area contributed by atoms with Crippen molar-refractivity contribution >= 4 is 23.0 Å². The fourth-order valence-corrected chi connectivity index (χ4v) is 2.91. The standard InChI is InChI=1S/C20H18ClNO/c1-22(2)17-10-8-15(12-17)18-11-9-16(21)13-19(18)20(23)14-6-4-3-5-7-14/h3-7,9-13H,8H2,1-2H3. The lowest BCUT2D eigenvalue weighted by atomic mass is 9.93. The van der Waals surface area contributed by atoms with Gasteiger partial charge < -0.3 is 4.90 Å². The number of ketones is 1. The third-order valence-corrected chi connectivity index (χ3v) is 4.21. The van der Waals surface area contributed by atoms with Crippen LogP contribution in [0.4, 0.5) is 0 Å². The monoisotopic (exact) mass is 323 g/mol. The number of benzene rings is 2. The second kappa shape index (κ2) is 6.43. The first kappa shape index (κ1) is 15.6. The Morgan fingerprint density at radius 1 is 1.09 bits per heavy atom. The number of hydrogen-bond donors (Lipinski definition) is 0. The summed E-state index contributed by atoms with van der Waals surface area (Å²) in [5, 5.41) is 0.576. The van der Waals surface area contributed by atoms with Crippen LogP contribution >= 0.6 is 11.6 Å². The van der Waals surface area contributed by atoms with Crippen molar-refractivity contribution in [3.63, 3.8) is 0 Å². The van der Waals surface area contributed by atoms with Gasteiger partial charge in [0.2, 0.25) is 0 Å². The molecule has 0 fully saturated rings. The highest BCUT2D eigenvalue weighted by Gasteiger charge is 2.19. The molecule has 0 N–H and O–H groups in total. The van der Waals surface area contributed by atoms with E-state index in [0.717, 1.165) is 23.3 Å². The minimum atomic E-state index is 0.00213. The van der Waals surface area contributed by atoms with Crippen LogP contribution in [0.1, 0.15) is 27.9 Å². The van der Waals surface area contributed by atoms with E-state index in [1.165, 1.54) is 0 Å². The number of hydrogen-bond acceptors (Lipinski definition) is 2. The number of likely N-dealkylation sites (N-methyl/N-ethyl adjacent to an activating group) is 1. The van der Waals surface area contributed by atoms with Gasteiger partial charge in [0.05, 0.1) is 0 Å². The van der Waals surface area contributed by atoms with E-state index in [-0.39, 0.29) is 5.78 Å². The van der Waals surface area contributed by atoms with E-state index in [1.54, 1.807) is 6.07 Å². The molecule has 0 aliphatic heterocycles. The number of rotatable bonds is 4. The zero-order valence-electron chi connectivity index (χ0n) is 13.2. The first-order chi connectivity index (χ1) is 11.1. The maximum absolute atomic E-state index is 12.9. The Labute approximate surface area is 141 Å². The molecule has 0 saturated heterocycles. The van der Waals surface area contributed by atoms with E-state index >= 15 is 0 Å². The molecule has 23 heavy (non-hydrogen) atoms. The van der Waals surface area contributed by atoms with Crippen molar-refractivity contribution in [1.82, 2.24) is 4.90 Å². The van der Waals surface area contributed by atoms with Gasteiger partial charge in [0.1, 0.15) is 0 Å². The van der Waals surface area contributed by atoms with Crippen LogP contribution in [0, 0.1) is 0 Å². The van der Waals surface area contributed by atoms with Gasteiger partial charge in [-0.3, -0.25) is 4.79 Å². The molecule has 0 saturated carbocycles. The molecular formula is C20H18ClNO. The average Bonchev–Trinajstić information content (AvgIpc) is 3.05. The molecule has 1 aliphatic carbocycles. The number of carbonyl (C=O) groups excluding carboxylic acids is 1. The van der Waals surface area contributed by atoms with Gasteiger partial charge in [0.25, 0.3) is 0 Å². The SMILES string of the molecule is CN(C)C1=CCC(c2ccc(Cl)cc2C(=O)c2ccccc2)=C1. The van der Waals surface area contributed by atoms with Crippen LogP contribution < -0.4 is 0 Å². The fourth-order valence-electron chi connectivity index (χ4n) is 2.74. The zero-order chi connectivity index (χ0) is 16.4. The summed E-state index contributed by atoms with van der Waals surface area (Å²) in [4.78, 5) is 14.9. The highest BCUT2D eigenvalue weighted by Crippen LogP contribution is 2.32. The lowest BCUT2D eigenvalue weighted by Gasteiger charge is -2.12. The molecule has 3 rings (SSSR count). The quantitative estimate of drug-likeness (QED) is 0.753. The van der Waals surface area contributed by atoms with Crippen LogP contribution in [0.5, 0.6) is 0 Å². The molecule has 0 radical (unpaired) electrons. The van der Waals surface area contributed by atoms with Gasteiger partial charge >= 0.3 is 0 Å². The van der Waals surface area contributed by atoms with Crippen molar-refractivity contribution in [3.8, 4) is 0 Å². The summed E-state index contributed by atoms with van der Waals surface area (Å²) in [6, 6.07) is 14.9. The molecule has 0 bridgehead atoms. The second-order valence-corrected chi connectivity index (χ2v) is 6.22. The molecule has 2 aromatic carbocycles. The van der Waals surface area contributed by atoms with Crippen LogP contribution in [0.15, 0.2) is 66.4 Å². The molecule has 0 unspecified atom stereocenters. The van der Waals surface area contributed by atoms with Crippen molar-refractivity contribution < 1.29 is 4.79 Å². The summed E-state index contributed by atoms with van der Waals surface area (Å²) in [6.07, 6.45) is 5.12. The van der Waals surface area contributed by atoms with Crippen LogP contribution in [0.2, 0.25) is 5.02 Å². The molecular weight excluding hydrogens is 306 g/mol. The molecule has 0 aromatic heterocycles. The second-order valence-electron chi connectivity index (χ2n) is 5.78. The van der Waals surface area contributed by atoms with Gasteiger partial charge in [-0.15, -0.1) is 0 Å². The molecule has 1 aliphatic rings. The number of halogens is 1. The smallest absolute Gasteiger partial charge is 0.193 e. The summed E-state index contributed by atoms with van der Waals surface area (Å²) in [5.74, 6) is 0.00213. The summed E-state index contributed by atoms with van der Waals surface area (Å²) < 4.78 is 0.